The van der Waals surface area contributed by atoms with E-state index in [0.29, 0.717) is 32.8 Å². The van der Waals surface area contributed by atoms with Gasteiger partial charge in [0.1, 0.15) is 0 Å². The quantitative estimate of drug-likeness (QED) is 0.542. The van der Waals surface area contributed by atoms with Crippen molar-refractivity contribution in [2.24, 2.45) is 0 Å². The van der Waals surface area contributed by atoms with E-state index < -0.39 is 5.97 Å². The summed E-state index contributed by atoms with van der Waals surface area (Å²) in [7, 11) is 3.03. The second-order valence-corrected chi connectivity index (χ2v) is 6.19. The number of aromatic carboxylic acids is 1. The Kier molecular flexibility index (Phi) is 4.86. The average molecular weight is 367 g/mol. The minimum absolute atomic E-state index is 0.0803. The van der Waals surface area contributed by atoms with Gasteiger partial charge in [0.05, 0.1) is 30.3 Å². The Balaban J connectivity index is 2.31. The standard InChI is InChI=1S/C20H17NO4S/c1-11-5-4-6-12(7-11)19(26)18-14-9-17(25-3)16(24-2)8-13(14)15(10-21-18)20(22)23/h4-10H,1-3H3,(H,22,23). The summed E-state index contributed by atoms with van der Waals surface area (Å²) in [5.41, 5.74) is 2.55. The maximum Gasteiger partial charge on any atom is 0.337 e. The fourth-order valence-corrected chi connectivity index (χ4v) is 3.13. The van der Waals surface area contributed by atoms with Crippen LogP contribution in [0.25, 0.3) is 10.8 Å². The number of methoxy groups -OCH3 is 2. The first-order valence-corrected chi connectivity index (χ1v) is 8.26. The first-order valence-electron chi connectivity index (χ1n) is 7.85. The number of hydrogen-bond acceptors (Lipinski definition) is 5. The van der Waals surface area contributed by atoms with Crippen LogP contribution in [0.3, 0.4) is 0 Å². The molecule has 3 rings (SSSR count). The molecule has 0 amide bonds. The van der Waals surface area contributed by atoms with Crippen molar-refractivity contribution in [2.75, 3.05) is 14.2 Å². The first kappa shape index (κ1) is 17.8. The van der Waals surface area contributed by atoms with Crippen LogP contribution in [0.4, 0.5) is 0 Å². The van der Waals surface area contributed by atoms with Gasteiger partial charge in [-0.1, -0.05) is 42.0 Å². The summed E-state index contributed by atoms with van der Waals surface area (Å²) in [4.78, 5) is 16.5. The molecular weight excluding hydrogens is 350 g/mol. The Morgan fingerprint density at radius 2 is 1.73 bits per heavy atom. The van der Waals surface area contributed by atoms with Crippen LogP contribution in [-0.2, 0) is 0 Å². The van der Waals surface area contributed by atoms with Gasteiger partial charge in [0, 0.05) is 17.0 Å². The monoisotopic (exact) mass is 367 g/mol. The van der Waals surface area contributed by atoms with Gasteiger partial charge in [-0.05, 0) is 24.6 Å². The van der Waals surface area contributed by atoms with E-state index in [2.05, 4.69) is 4.98 Å². The van der Waals surface area contributed by atoms with Gasteiger partial charge >= 0.3 is 5.97 Å². The number of hydrogen-bond donors (Lipinski definition) is 1. The first-order chi connectivity index (χ1) is 12.5. The smallest absolute Gasteiger partial charge is 0.337 e. The summed E-state index contributed by atoms with van der Waals surface area (Å²) >= 11 is 5.64. The van der Waals surface area contributed by atoms with Crippen LogP contribution in [-0.4, -0.2) is 35.1 Å². The Morgan fingerprint density at radius 1 is 1.08 bits per heavy atom. The SMILES string of the molecule is COc1cc2c(C(=O)O)cnc(C(=S)c3cccc(C)c3)c2cc1OC. The zero-order valence-corrected chi connectivity index (χ0v) is 15.4. The largest absolute Gasteiger partial charge is 0.493 e. The second kappa shape index (κ2) is 7.09. The molecule has 0 saturated heterocycles. The normalized spacial score (nSPS) is 10.6. The predicted octanol–water partition coefficient (Wildman–Crippen LogP) is 4.02. The van der Waals surface area contributed by atoms with Crippen molar-refractivity contribution in [1.82, 2.24) is 4.98 Å². The molecule has 0 spiro atoms. The molecule has 0 atom stereocenters. The topological polar surface area (TPSA) is 68.7 Å². The van der Waals surface area contributed by atoms with Crippen molar-refractivity contribution in [2.45, 2.75) is 6.92 Å². The van der Waals surface area contributed by atoms with Crippen molar-refractivity contribution in [3.63, 3.8) is 0 Å². The summed E-state index contributed by atoms with van der Waals surface area (Å²) in [6.45, 7) is 1.99. The summed E-state index contributed by atoms with van der Waals surface area (Å²) in [5, 5.41) is 10.6. The second-order valence-electron chi connectivity index (χ2n) is 5.78. The average Bonchev–Trinajstić information content (AvgIpc) is 2.65. The molecule has 1 aromatic heterocycles. The van der Waals surface area contributed by atoms with Crippen molar-refractivity contribution in [3.8, 4) is 11.5 Å². The summed E-state index contributed by atoms with van der Waals surface area (Å²) in [5.74, 6) is -0.138. The molecule has 0 saturated carbocycles. The lowest BCUT2D eigenvalue weighted by Crippen LogP contribution is -2.08. The van der Waals surface area contributed by atoms with E-state index in [0.717, 1.165) is 11.1 Å². The molecule has 0 unspecified atom stereocenters. The minimum Gasteiger partial charge on any atom is -0.493 e. The number of fused-ring (bicyclic) bond motifs is 1. The number of ether oxygens (including phenoxy) is 2. The molecule has 6 heteroatoms. The molecule has 0 aliphatic heterocycles. The number of aromatic nitrogens is 1. The number of benzene rings is 2. The summed E-state index contributed by atoms with van der Waals surface area (Å²) in [6, 6.07) is 11.1. The van der Waals surface area contributed by atoms with Crippen LogP contribution in [0, 0.1) is 6.92 Å². The highest BCUT2D eigenvalue weighted by atomic mass is 32.1. The third-order valence-electron chi connectivity index (χ3n) is 4.12. The zero-order valence-electron chi connectivity index (χ0n) is 14.6. The van der Waals surface area contributed by atoms with E-state index in [-0.39, 0.29) is 5.56 Å². The Bertz CT molecular complexity index is 1030. The van der Waals surface area contributed by atoms with E-state index in [1.165, 1.54) is 20.4 Å². The number of thiocarbonyl (C=S) groups is 1. The van der Waals surface area contributed by atoms with E-state index in [4.69, 9.17) is 21.7 Å². The lowest BCUT2D eigenvalue weighted by molar-refractivity contribution is 0.0698. The molecule has 0 aliphatic carbocycles. The Hall–Kier alpha value is -2.99. The molecule has 0 radical (unpaired) electrons. The molecule has 0 aliphatic rings. The third-order valence-corrected chi connectivity index (χ3v) is 4.55. The van der Waals surface area contributed by atoms with Crippen LogP contribution < -0.4 is 9.47 Å². The van der Waals surface area contributed by atoms with Crippen molar-refractivity contribution in [3.05, 3.63) is 65.0 Å². The number of aryl methyl sites for hydroxylation is 1. The summed E-state index contributed by atoms with van der Waals surface area (Å²) in [6.07, 6.45) is 1.33. The van der Waals surface area contributed by atoms with Crippen molar-refractivity contribution in [1.29, 1.82) is 0 Å². The molecule has 0 bridgehead atoms. The fraction of sp³-hybridized carbons (Fsp3) is 0.150. The molecule has 2 aromatic carbocycles. The molecule has 5 nitrogen and oxygen atoms in total. The number of rotatable bonds is 5. The zero-order chi connectivity index (χ0) is 18.8. The van der Waals surface area contributed by atoms with Crippen LogP contribution in [0.15, 0.2) is 42.6 Å². The highest BCUT2D eigenvalue weighted by molar-refractivity contribution is 7.81. The highest BCUT2D eigenvalue weighted by Crippen LogP contribution is 2.35. The van der Waals surface area contributed by atoms with Gasteiger partial charge < -0.3 is 14.6 Å². The highest BCUT2D eigenvalue weighted by Gasteiger charge is 2.19. The maximum absolute atomic E-state index is 11.6. The Morgan fingerprint density at radius 3 is 2.31 bits per heavy atom. The maximum atomic E-state index is 11.6. The molecular formula is C20H17NO4S. The fourth-order valence-electron chi connectivity index (χ4n) is 2.84. The van der Waals surface area contributed by atoms with E-state index in [1.54, 1.807) is 12.1 Å². The van der Waals surface area contributed by atoms with Crippen molar-refractivity contribution >= 4 is 33.8 Å². The van der Waals surface area contributed by atoms with Crippen LogP contribution in [0.1, 0.15) is 27.2 Å². The third kappa shape index (κ3) is 3.11. The number of carboxylic acids is 1. The van der Waals surface area contributed by atoms with E-state index in [9.17, 15) is 9.90 Å². The van der Waals surface area contributed by atoms with Gasteiger partial charge in [0.25, 0.3) is 0 Å². The predicted molar refractivity (Wildman–Crippen MR) is 104 cm³/mol. The van der Waals surface area contributed by atoms with Gasteiger partial charge in [-0.25, -0.2) is 4.79 Å². The molecule has 132 valence electrons. The van der Waals surface area contributed by atoms with Crippen LogP contribution in [0.5, 0.6) is 11.5 Å². The molecule has 1 heterocycles. The van der Waals surface area contributed by atoms with Gasteiger partial charge in [0.2, 0.25) is 0 Å². The molecule has 0 fully saturated rings. The number of carboxylic acid groups (broad SMARTS) is 1. The lowest BCUT2D eigenvalue weighted by atomic mass is 9.99. The minimum atomic E-state index is -1.07. The molecule has 3 aromatic rings. The van der Waals surface area contributed by atoms with E-state index in [1.807, 2.05) is 31.2 Å². The van der Waals surface area contributed by atoms with Gasteiger partial charge in [-0.15, -0.1) is 0 Å². The van der Waals surface area contributed by atoms with Gasteiger partial charge in [-0.2, -0.15) is 0 Å². The van der Waals surface area contributed by atoms with Gasteiger partial charge in [0.15, 0.2) is 11.5 Å². The van der Waals surface area contributed by atoms with E-state index >= 15 is 0 Å². The lowest BCUT2D eigenvalue weighted by Gasteiger charge is -2.14. The molecule has 1 N–H and O–H groups in total. The number of carbonyl (C=O) groups is 1. The molecule has 26 heavy (non-hydrogen) atoms. The van der Waals surface area contributed by atoms with Crippen LogP contribution >= 0.6 is 12.2 Å². The number of nitrogens with zero attached hydrogens (tertiary/aromatic N) is 1. The Labute approximate surface area is 156 Å². The van der Waals surface area contributed by atoms with Crippen molar-refractivity contribution < 1.29 is 19.4 Å². The van der Waals surface area contributed by atoms with Gasteiger partial charge in [-0.3, -0.25) is 4.98 Å². The summed E-state index contributed by atoms with van der Waals surface area (Å²) < 4.78 is 10.7. The van der Waals surface area contributed by atoms with Crippen LogP contribution in [0.2, 0.25) is 0 Å². The number of pyridine rings is 1.